The molecule has 0 amide bonds. The van der Waals surface area contributed by atoms with Crippen LogP contribution in [0.3, 0.4) is 0 Å². The molecule has 4 N–H and O–H groups in total. The van der Waals surface area contributed by atoms with E-state index in [9.17, 15) is 4.79 Å². The van der Waals surface area contributed by atoms with Gasteiger partial charge in [0.25, 0.3) is 0 Å². The average Bonchev–Trinajstić information content (AvgIpc) is 3.26. The molecule has 0 fully saturated rings. The number of nitrogens with two attached hydrogens (primary N) is 1. The van der Waals surface area contributed by atoms with Gasteiger partial charge in [-0.3, -0.25) is 4.79 Å². The number of fused-ring (bicyclic) bond motifs is 4. The number of carboxylic acids is 1. The highest BCUT2D eigenvalue weighted by Crippen LogP contribution is 2.48. The number of aromatic nitrogens is 1. The fourth-order valence-electron chi connectivity index (χ4n) is 4.38. The minimum Gasteiger partial charge on any atom is -0.480 e. The van der Waals surface area contributed by atoms with Crippen LogP contribution in [0.5, 0.6) is 0 Å². The lowest BCUT2D eigenvalue weighted by Crippen LogP contribution is -2.32. The number of aromatic amines is 1. The number of H-pyrrole nitrogens is 1. The van der Waals surface area contributed by atoms with Crippen LogP contribution in [-0.4, -0.2) is 22.1 Å². The monoisotopic (exact) mass is 368 g/mol. The molecule has 3 aromatic carbocycles. The van der Waals surface area contributed by atoms with Gasteiger partial charge in [0.2, 0.25) is 0 Å². The third-order valence-electron chi connectivity index (χ3n) is 5.72. The van der Waals surface area contributed by atoms with Crippen molar-refractivity contribution >= 4 is 16.9 Å². The maximum Gasteiger partial charge on any atom is 0.320 e. The van der Waals surface area contributed by atoms with Crippen LogP contribution in [0.25, 0.3) is 22.0 Å². The van der Waals surface area contributed by atoms with E-state index in [1.807, 2.05) is 6.20 Å². The second kappa shape index (κ2) is 6.36. The van der Waals surface area contributed by atoms with Crippen LogP contribution in [0.2, 0.25) is 0 Å². The van der Waals surface area contributed by atoms with E-state index in [1.54, 1.807) is 0 Å². The van der Waals surface area contributed by atoms with E-state index in [0.717, 1.165) is 16.5 Å². The molecule has 0 bridgehead atoms. The Kier molecular flexibility index (Phi) is 3.81. The summed E-state index contributed by atoms with van der Waals surface area (Å²) in [4.78, 5) is 14.4. The zero-order valence-electron chi connectivity index (χ0n) is 15.2. The minimum atomic E-state index is -0.982. The maximum atomic E-state index is 11.2. The van der Waals surface area contributed by atoms with E-state index in [1.165, 1.54) is 27.8 Å². The third-order valence-corrected chi connectivity index (χ3v) is 5.72. The molecule has 0 saturated carbocycles. The first-order chi connectivity index (χ1) is 13.6. The number of hydrogen-bond donors (Lipinski definition) is 3. The largest absolute Gasteiger partial charge is 0.480 e. The van der Waals surface area contributed by atoms with Crippen LogP contribution < -0.4 is 5.73 Å². The van der Waals surface area contributed by atoms with Crippen molar-refractivity contribution in [3.05, 3.63) is 95.2 Å². The van der Waals surface area contributed by atoms with Crippen molar-refractivity contribution in [2.75, 3.05) is 0 Å². The van der Waals surface area contributed by atoms with E-state index in [-0.39, 0.29) is 5.92 Å². The lowest BCUT2D eigenvalue weighted by molar-refractivity contribution is -0.138. The Balaban J connectivity index is 1.65. The Morgan fingerprint density at radius 1 is 1.00 bits per heavy atom. The highest BCUT2D eigenvalue weighted by molar-refractivity contribution is 5.87. The van der Waals surface area contributed by atoms with Gasteiger partial charge >= 0.3 is 5.97 Å². The summed E-state index contributed by atoms with van der Waals surface area (Å²) >= 11 is 0. The van der Waals surface area contributed by atoms with Crippen molar-refractivity contribution in [3.8, 4) is 11.1 Å². The molecule has 1 aliphatic rings. The standard InChI is InChI=1S/C24H20N2O2/c25-21(24(27)28)12-15-13-26-22-10-9-14(11-20(15)22)23-18-7-3-1-5-16(18)17-6-2-4-8-19(17)23/h1-11,13,21,23,26H,12,25H2,(H,27,28)/t21-/m0/s1. The summed E-state index contributed by atoms with van der Waals surface area (Å²) in [6.45, 7) is 0. The summed E-state index contributed by atoms with van der Waals surface area (Å²) in [6.07, 6.45) is 2.17. The summed E-state index contributed by atoms with van der Waals surface area (Å²) in [5.41, 5.74) is 14.1. The molecule has 4 nitrogen and oxygen atoms in total. The molecule has 0 spiro atoms. The summed E-state index contributed by atoms with van der Waals surface area (Å²) in [5.74, 6) is -0.808. The highest BCUT2D eigenvalue weighted by atomic mass is 16.4. The molecule has 28 heavy (non-hydrogen) atoms. The zero-order valence-corrected chi connectivity index (χ0v) is 15.2. The third kappa shape index (κ3) is 2.53. The normalized spacial score (nSPS) is 14.0. The molecule has 0 aliphatic heterocycles. The van der Waals surface area contributed by atoms with E-state index in [0.29, 0.717) is 6.42 Å². The fraction of sp³-hybridized carbons (Fsp3) is 0.125. The number of nitrogens with one attached hydrogen (secondary N) is 1. The van der Waals surface area contributed by atoms with Crippen molar-refractivity contribution in [3.63, 3.8) is 0 Å². The number of hydrogen-bond acceptors (Lipinski definition) is 2. The lowest BCUT2D eigenvalue weighted by Gasteiger charge is -2.15. The predicted molar refractivity (Wildman–Crippen MR) is 110 cm³/mol. The number of aliphatic carboxylic acids is 1. The Hall–Kier alpha value is -3.37. The molecule has 4 aromatic rings. The molecular weight excluding hydrogens is 348 g/mol. The molecule has 1 heterocycles. The molecular formula is C24H20N2O2. The van der Waals surface area contributed by atoms with E-state index in [4.69, 9.17) is 10.8 Å². The molecule has 4 heteroatoms. The SMILES string of the molecule is N[C@@H](Cc1c[nH]c2ccc(C3c4ccccc4-c4ccccc43)cc12)C(=O)O. The Morgan fingerprint density at radius 3 is 2.29 bits per heavy atom. The van der Waals surface area contributed by atoms with Gasteiger partial charge in [0.05, 0.1) is 0 Å². The van der Waals surface area contributed by atoms with Gasteiger partial charge in [0.1, 0.15) is 6.04 Å². The number of carbonyl (C=O) groups is 1. The van der Waals surface area contributed by atoms with Gasteiger partial charge in [-0.1, -0.05) is 54.6 Å². The van der Waals surface area contributed by atoms with Crippen LogP contribution in [0.15, 0.2) is 72.9 Å². The molecule has 5 rings (SSSR count). The first kappa shape index (κ1) is 16.8. The summed E-state index contributed by atoms with van der Waals surface area (Å²) < 4.78 is 0. The van der Waals surface area contributed by atoms with Crippen LogP contribution in [-0.2, 0) is 11.2 Å². The zero-order chi connectivity index (χ0) is 19.3. The molecule has 0 unspecified atom stereocenters. The average molecular weight is 368 g/mol. The number of benzene rings is 3. The molecule has 0 saturated heterocycles. The Bertz CT molecular complexity index is 1160. The van der Waals surface area contributed by atoms with Gasteiger partial charge in [0, 0.05) is 29.4 Å². The van der Waals surface area contributed by atoms with E-state index >= 15 is 0 Å². The van der Waals surface area contributed by atoms with Crippen molar-refractivity contribution in [1.29, 1.82) is 0 Å². The molecule has 138 valence electrons. The van der Waals surface area contributed by atoms with Crippen molar-refractivity contribution in [2.45, 2.75) is 18.4 Å². The predicted octanol–water partition coefficient (Wildman–Crippen LogP) is 4.28. The van der Waals surface area contributed by atoms with Crippen LogP contribution in [0.4, 0.5) is 0 Å². The lowest BCUT2D eigenvalue weighted by atomic mass is 9.88. The molecule has 1 atom stereocenters. The minimum absolute atomic E-state index is 0.174. The van der Waals surface area contributed by atoms with Crippen molar-refractivity contribution in [1.82, 2.24) is 4.98 Å². The molecule has 1 aliphatic carbocycles. The van der Waals surface area contributed by atoms with E-state index in [2.05, 4.69) is 71.7 Å². The highest BCUT2D eigenvalue weighted by Gasteiger charge is 2.29. The summed E-state index contributed by atoms with van der Waals surface area (Å²) in [7, 11) is 0. The number of carboxylic acid groups (broad SMARTS) is 1. The van der Waals surface area contributed by atoms with Crippen molar-refractivity contribution < 1.29 is 9.90 Å². The second-order valence-electron chi connectivity index (χ2n) is 7.38. The Morgan fingerprint density at radius 2 is 1.64 bits per heavy atom. The molecule has 1 aromatic heterocycles. The maximum absolute atomic E-state index is 11.2. The topological polar surface area (TPSA) is 79.1 Å². The first-order valence-electron chi connectivity index (χ1n) is 9.40. The first-order valence-corrected chi connectivity index (χ1v) is 9.40. The van der Waals surface area contributed by atoms with Gasteiger partial charge in [-0.2, -0.15) is 0 Å². The van der Waals surface area contributed by atoms with Gasteiger partial charge in [-0.15, -0.1) is 0 Å². The fourth-order valence-corrected chi connectivity index (χ4v) is 4.38. The van der Waals surface area contributed by atoms with Gasteiger partial charge < -0.3 is 15.8 Å². The number of rotatable bonds is 4. The van der Waals surface area contributed by atoms with Gasteiger partial charge in [0.15, 0.2) is 0 Å². The smallest absolute Gasteiger partial charge is 0.320 e. The van der Waals surface area contributed by atoms with Crippen LogP contribution in [0, 0.1) is 0 Å². The Labute approximate surface area is 162 Å². The van der Waals surface area contributed by atoms with Crippen LogP contribution >= 0.6 is 0 Å². The second-order valence-corrected chi connectivity index (χ2v) is 7.38. The van der Waals surface area contributed by atoms with Gasteiger partial charge in [-0.05, 0) is 45.5 Å². The van der Waals surface area contributed by atoms with Gasteiger partial charge in [-0.25, -0.2) is 0 Å². The van der Waals surface area contributed by atoms with Crippen LogP contribution in [0.1, 0.15) is 28.2 Å². The van der Waals surface area contributed by atoms with Crippen molar-refractivity contribution in [2.24, 2.45) is 5.73 Å². The summed E-state index contributed by atoms with van der Waals surface area (Å²) in [6, 6.07) is 22.6. The molecule has 0 radical (unpaired) electrons. The summed E-state index contributed by atoms with van der Waals surface area (Å²) in [5, 5.41) is 10.2. The van der Waals surface area contributed by atoms with E-state index < -0.39 is 12.0 Å². The quantitative estimate of drug-likeness (QED) is 0.443.